The van der Waals surface area contributed by atoms with Crippen LogP contribution in [0.5, 0.6) is 0 Å². The van der Waals surface area contributed by atoms with E-state index in [9.17, 15) is 4.79 Å². The maximum absolute atomic E-state index is 11.8. The molecule has 0 aliphatic carbocycles. The van der Waals surface area contributed by atoms with Gasteiger partial charge in [0.15, 0.2) is 0 Å². The average Bonchev–Trinajstić information content (AvgIpc) is 2.39. The van der Waals surface area contributed by atoms with E-state index in [1.807, 2.05) is 0 Å². The van der Waals surface area contributed by atoms with E-state index in [2.05, 4.69) is 11.9 Å². The van der Waals surface area contributed by atoms with E-state index >= 15 is 0 Å². The van der Waals surface area contributed by atoms with Crippen molar-refractivity contribution < 1.29 is 9.53 Å². The molecule has 0 atom stereocenters. The van der Waals surface area contributed by atoms with Crippen LogP contribution in [0.3, 0.4) is 0 Å². The highest BCUT2D eigenvalue weighted by atomic mass is 35.5. The molecule has 0 heterocycles. The van der Waals surface area contributed by atoms with Crippen LogP contribution in [0.4, 0.5) is 5.69 Å². The van der Waals surface area contributed by atoms with Crippen LogP contribution >= 0.6 is 23.2 Å². The Balaban J connectivity index is 2.43. The molecule has 0 bridgehead atoms. The summed E-state index contributed by atoms with van der Waals surface area (Å²) >= 11 is 11.7. The first kappa shape index (κ1) is 15.8. The standard InChI is InChI=1S/C13H16Cl2N2O2/c1-2-3-5-19-6-4-17-13(18)9-7-10(14)12(16)11(15)8-9/h2,7-8H,1,3-6,16H2,(H,17,18). The van der Waals surface area contributed by atoms with E-state index in [4.69, 9.17) is 33.7 Å². The molecule has 0 fully saturated rings. The number of anilines is 1. The fraction of sp³-hybridized carbons (Fsp3) is 0.308. The predicted molar refractivity (Wildman–Crippen MR) is 78.8 cm³/mol. The maximum atomic E-state index is 11.8. The van der Waals surface area contributed by atoms with Crippen molar-refractivity contribution in [2.24, 2.45) is 0 Å². The van der Waals surface area contributed by atoms with Crippen LogP contribution in [0.15, 0.2) is 24.8 Å². The molecule has 1 amide bonds. The summed E-state index contributed by atoms with van der Waals surface area (Å²) in [6.45, 7) is 5.03. The highest BCUT2D eigenvalue weighted by Gasteiger charge is 2.10. The number of nitrogen functional groups attached to an aromatic ring is 1. The lowest BCUT2D eigenvalue weighted by Crippen LogP contribution is -2.27. The van der Waals surface area contributed by atoms with Crippen molar-refractivity contribution in [3.63, 3.8) is 0 Å². The van der Waals surface area contributed by atoms with E-state index in [-0.39, 0.29) is 21.6 Å². The van der Waals surface area contributed by atoms with Crippen molar-refractivity contribution in [2.45, 2.75) is 6.42 Å². The summed E-state index contributed by atoms with van der Waals surface area (Å²) < 4.78 is 5.27. The molecule has 6 heteroatoms. The van der Waals surface area contributed by atoms with Gasteiger partial charge in [-0.2, -0.15) is 0 Å². The monoisotopic (exact) mass is 302 g/mol. The highest BCUT2D eigenvalue weighted by molar-refractivity contribution is 6.39. The Labute approximate surface area is 122 Å². The Morgan fingerprint density at radius 3 is 2.58 bits per heavy atom. The third-order valence-electron chi connectivity index (χ3n) is 2.34. The second-order valence-corrected chi connectivity index (χ2v) is 4.61. The zero-order valence-corrected chi connectivity index (χ0v) is 11.9. The normalized spacial score (nSPS) is 10.2. The number of ether oxygens (including phenoxy) is 1. The third-order valence-corrected chi connectivity index (χ3v) is 2.96. The van der Waals surface area contributed by atoms with Crippen molar-refractivity contribution in [1.29, 1.82) is 0 Å². The van der Waals surface area contributed by atoms with Crippen LogP contribution in [0.2, 0.25) is 10.0 Å². The van der Waals surface area contributed by atoms with Gasteiger partial charge in [-0.1, -0.05) is 29.3 Å². The second-order valence-electron chi connectivity index (χ2n) is 3.80. The Morgan fingerprint density at radius 1 is 1.37 bits per heavy atom. The van der Waals surface area contributed by atoms with Gasteiger partial charge in [0.25, 0.3) is 5.91 Å². The van der Waals surface area contributed by atoms with Crippen LogP contribution < -0.4 is 11.1 Å². The van der Waals surface area contributed by atoms with E-state index < -0.39 is 0 Å². The molecule has 0 aliphatic rings. The summed E-state index contributed by atoms with van der Waals surface area (Å²) in [7, 11) is 0. The first-order valence-electron chi connectivity index (χ1n) is 5.77. The van der Waals surface area contributed by atoms with Gasteiger partial charge in [-0.25, -0.2) is 0 Å². The summed E-state index contributed by atoms with van der Waals surface area (Å²) in [5.74, 6) is -0.267. The first-order valence-corrected chi connectivity index (χ1v) is 6.53. The van der Waals surface area contributed by atoms with Gasteiger partial charge in [-0.15, -0.1) is 6.58 Å². The maximum Gasteiger partial charge on any atom is 0.251 e. The molecule has 104 valence electrons. The summed E-state index contributed by atoms with van der Waals surface area (Å²) in [5.41, 5.74) is 6.24. The van der Waals surface area contributed by atoms with Crippen molar-refractivity contribution in [1.82, 2.24) is 5.32 Å². The van der Waals surface area contributed by atoms with Gasteiger partial charge in [0.1, 0.15) is 0 Å². The number of amides is 1. The predicted octanol–water partition coefficient (Wildman–Crippen LogP) is 2.90. The van der Waals surface area contributed by atoms with Gasteiger partial charge in [0, 0.05) is 12.1 Å². The van der Waals surface area contributed by atoms with Crippen LogP contribution in [0, 0.1) is 0 Å². The first-order chi connectivity index (χ1) is 9.06. The topological polar surface area (TPSA) is 64.3 Å². The van der Waals surface area contributed by atoms with Gasteiger partial charge >= 0.3 is 0 Å². The molecule has 4 nitrogen and oxygen atoms in total. The lowest BCUT2D eigenvalue weighted by Gasteiger charge is -2.08. The summed E-state index contributed by atoms with van der Waals surface area (Å²) in [6.07, 6.45) is 2.56. The fourth-order valence-electron chi connectivity index (χ4n) is 1.32. The zero-order valence-electron chi connectivity index (χ0n) is 10.4. The SMILES string of the molecule is C=CCCOCCNC(=O)c1cc(Cl)c(N)c(Cl)c1. The second kappa shape index (κ2) is 8.04. The summed E-state index contributed by atoms with van der Waals surface area (Å²) in [4.78, 5) is 11.8. The molecule has 19 heavy (non-hydrogen) atoms. The number of nitrogens with one attached hydrogen (secondary N) is 1. The molecule has 0 radical (unpaired) electrons. The lowest BCUT2D eigenvalue weighted by atomic mass is 10.2. The molecule has 0 aliphatic heterocycles. The van der Waals surface area contributed by atoms with E-state index in [1.165, 1.54) is 12.1 Å². The zero-order chi connectivity index (χ0) is 14.3. The van der Waals surface area contributed by atoms with Gasteiger partial charge in [0.05, 0.1) is 28.9 Å². The van der Waals surface area contributed by atoms with Gasteiger partial charge < -0.3 is 15.8 Å². The largest absolute Gasteiger partial charge is 0.396 e. The van der Waals surface area contributed by atoms with Crippen LogP contribution in [-0.4, -0.2) is 25.7 Å². The minimum Gasteiger partial charge on any atom is -0.396 e. The molecule has 3 N–H and O–H groups in total. The summed E-state index contributed by atoms with van der Waals surface area (Å²) in [6, 6.07) is 2.97. The fourth-order valence-corrected chi connectivity index (χ4v) is 1.81. The third kappa shape index (κ3) is 5.11. The van der Waals surface area contributed by atoms with E-state index in [1.54, 1.807) is 6.08 Å². The highest BCUT2D eigenvalue weighted by Crippen LogP contribution is 2.28. The van der Waals surface area contributed by atoms with Crippen molar-refractivity contribution in [2.75, 3.05) is 25.5 Å². The van der Waals surface area contributed by atoms with Crippen molar-refractivity contribution in [3.05, 3.63) is 40.4 Å². The summed E-state index contributed by atoms with van der Waals surface area (Å²) in [5, 5.41) is 3.23. The molecule has 0 spiro atoms. The molecule has 1 aromatic rings. The molecule has 0 saturated carbocycles. The average molecular weight is 303 g/mol. The molecule has 1 aromatic carbocycles. The van der Waals surface area contributed by atoms with Gasteiger partial charge in [-0.05, 0) is 18.6 Å². The van der Waals surface area contributed by atoms with Crippen LogP contribution in [-0.2, 0) is 4.74 Å². The Kier molecular flexibility index (Phi) is 6.70. The number of hydrogen-bond donors (Lipinski definition) is 2. The molecule has 0 saturated heterocycles. The Morgan fingerprint density at radius 2 is 2.00 bits per heavy atom. The Bertz CT molecular complexity index is 441. The number of hydrogen-bond acceptors (Lipinski definition) is 3. The molecule has 1 rings (SSSR count). The number of carbonyl (C=O) groups excluding carboxylic acids is 1. The molecule has 0 unspecified atom stereocenters. The van der Waals surface area contributed by atoms with Crippen molar-refractivity contribution in [3.8, 4) is 0 Å². The number of rotatable bonds is 7. The Hall–Kier alpha value is -1.23. The smallest absolute Gasteiger partial charge is 0.251 e. The minimum atomic E-state index is -0.267. The molecular weight excluding hydrogens is 287 g/mol. The minimum absolute atomic E-state index is 0.264. The van der Waals surface area contributed by atoms with E-state index in [0.717, 1.165) is 6.42 Å². The van der Waals surface area contributed by atoms with Crippen molar-refractivity contribution >= 4 is 34.8 Å². The number of benzene rings is 1. The van der Waals surface area contributed by atoms with E-state index in [0.29, 0.717) is 25.3 Å². The molecular formula is C13H16Cl2N2O2. The van der Waals surface area contributed by atoms with Gasteiger partial charge in [0.2, 0.25) is 0 Å². The number of carbonyl (C=O) groups is 1. The quantitative estimate of drug-likeness (QED) is 0.462. The van der Waals surface area contributed by atoms with Crippen LogP contribution in [0.25, 0.3) is 0 Å². The lowest BCUT2D eigenvalue weighted by molar-refractivity contribution is 0.0918. The number of halogens is 2. The van der Waals surface area contributed by atoms with Gasteiger partial charge in [-0.3, -0.25) is 4.79 Å². The van der Waals surface area contributed by atoms with Crippen LogP contribution in [0.1, 0.15) is 16.8 Å². The molecule has 0 aromatic heterocycles. The number of nitrogens with two attached hydrogens (primary N) is 1.